The number of nitrogens with two attached hydrogens (primary N) is 1. The molecule has 1 aliphatic rings. The van der Waals surface area contributed by atoms with Crippen LogP contribution in [0.25, 0.3) is 0 Å². The number of rotatable bonds is 5. The smallest absolute Gasteiger partial charge is 0.253 e. The number of nitrogens with zero attached hydrogens (tertiary/aromatic N) is 1. The zero-order valence-electron chi connectivity index (χ0n) is 10.9. The molecule has 6 heteroatoms. The van der Waals surface area contributed by atoms with Crippen LogP contribution in [0.15, 0.2) is 46.0 Å². The van der Waals surface area contributed by atoms with Crippen molar-refractivity contribution in [1.82, 2.24) is 4.31 Å². The molecule has 2 aromatic rings. The first-order chi connectivity index (χ1) is 9.57. The van der Waals surface area contributed by atoms with Crippen molar-refractivity contribution in [3.63, 3.8) is 0 Å². The number of nitrogen functional groups attached to an aromatic ring is 1. The van der Waals surface area contributed by atoms with Gasteiger partial charge in [0.2, 0.25) is 0 Å². The summed E-state index contributed by atoms with van der Waals surface area (Å²) in [6, 6.07) is 11.0. The summed E-state index contributed by atoms with van der Waals surface area (Å²) in [7, 11) is -3.39. The molecule has 0 spiro atoms. The summed E-state index contributed by atoms with van der Waals surface area (Å²) in [4.78, 5) is 0. The van der Waals surface area contributed by atoms with Crippen LogP contribution in [-0.4, -0.2) is 18.8 Å². The molecule has 1 aromatic heterocycles. The van der Waals surface area contributed by atoms with Crippen molar-refractivity contribution >= 4 is 27.0 Å². The van der Waals surface area contributed by atoms with Crippen LogP contribution in [0.5, 0.6) is 0 Å². The lowest BCUT2D eigenvalue weighted by molar-refractivity contribution is 0.400. The standard InChI is InChI=1S/C14H16N2O2S2/c15-12-4-1-3-11(9-12)10-16(13-6-7-13)20(17,18)14-5-2-8-19-14/h1-5,8-9,13H,6-7,10,15H2. The van der Waals surface area contributed by atoms with Crippen LogP contribution in [0.2, 0.25) is 0 Å². The number of sulfonamides is 1. The molecule has 106 valence electrons. The summed E-state index contributed by atoms with van der Waals surface area (Å²) in [5.74, 6) is 0. The van der Waals surface area contributed by atoms with Gasteiger partial charge in [0.1, 0.15) is 4.21 Å². The second-order valence-electron chi connectivity index (χ2n) is 4.96. The average Bonchev–Trinajstić information content (AvgIpc) is 3.08. The Morgan fingerprint density at radius 1 is 1.25 bits per heavy atom. The highest BCUT2D eigenvalue weighted by Gasteiger charge is 2.38. The molecule has 20 heavy (non-hydrogen) atoms. The predicted molar refractivity (Wildman–Crippen MR) is 80.9 cm³/mol. The van der Waals surface area contributed by atoms with Crippen LogP contribution in [0.3, 0.4) is 0 Å². The maximum atomic E-state index is 12.7. The van der Waals surface area contributed by atoms with Gasteiger partial charge in [-0.3, -0.25) is 0 Å². The molecule has 1 aromatic carbocycles. The fourth-order valence-electron chi connectivity index (χ4n) is 2.17. The Bertz CT molecular complexity index is 692. The molecule has 1 aliphatic carbocycles. The molecule has 1 heterocycles. The highest BCUT2D eigenvalue weighted by molar-refractivity contribution is 7.91. The zero-order chi connectivity index (χ0) is 14.2. The highest BCUT2D eigenvalue weighted by atomic mass is 32.2. The fraction of sp³-hybridized carbons (Fsp3) is 0.286. The summed E-state index contributed by atoms with van der Waals surface area (Å²) >= 11 is 1.26. The van der Waals surface area contributed by atoms with Crippen LogP contribution in [0.4, 0.5) is 5.69 Å². The van der Waals surface area contributed by atoms with E-state index in [2.05, 4.69) is 0 Å². The van der Waals surface area contributed by atoms with Crippen LogP contribution in [0, 0.1) is 0 Å². The molecule has 0 amide bonds. The molecule has 0 aliphatic heterocycles. The van der Waals surface area contributed by atoms with Crippen LogP contribution < -0.4 is 5.73 Å². The van der Waals surface area contributed by atoms with Gasteiger partial charge in [0.15, 0.2) is 0 Å². The molecule has 0 radical (unpaired) electrons. The Morgan fingerprint density at radius 3 is 2.65 bits per heavy atom. The van der Waals surface area contributed by atoms with Crippen LogP contribution in [-0.2, 0) is 16.6 Å². The molecule has 1 fully saturated rings. The van der Waals surface area contributed by atoms with E-state index >= 15 is 0 Å². The molecule has 4 nitrogen and oxygen atoms in total. The van der Waals surface area contributed by atoms with E-state index in [0.29, 0.717) is 16.4 Å². The molecule has 2 N–H and O–H groups in total. The van der Waals surface area contributed by atoms with Crippen LogP contribution >= 0.6 is 11.3 Å². The van der Waals surface area contributed by atoms with Crippen molar-refractivity contribution in [3.8, 4) is 0 Å². The summed E-state index contributed by atoms with van der Waals surface area (Å²) in [6.45, 7) is 0.385. The monoisotopic (exact) mass is 308 g/mol. The Hall–Kier alpha value is -1.37. The molecule has 0 bridgehead atoms. The molecule has 0 unspecified atom stereocenters. The normalized spacial score (nSPS) is 15.7. The first-order valence-corrected chi connectivity index (χ1v) is 8.79. The van der Waals surface area contributed by atoms with E-state index in [-0.39, 0.29) is 6.04 Å². The first-order valence-electron chi connectivity index (χ1n) is 6.47. The van der Waals surface area contributed by atoms with Crippen molar-refractivity contribution in [2.45, 2.75) is 29.6 Å². The van der Waals surface area contributed by atoms with Crippen molar-refractivity contribution in [2.24, 2.45) is 0 Å². The summed E-state index contributed by atoms with van der Waals surface area (Å²) in [6.07, 6.45) is 1.87. The second-order valence-corrected chi connectivity index (χ2v) is 8.02. The Labute approximate surface area is 122 Å². The van der Waals surface area contributed by atoms with Gasteiger partial charge in [0, 0.05) is 18.3 Å². The van der Waals surface area contributed by atoms with E-state index < -0.39 is 10.0 Å². The SMILES string of the molecule is Nc1cccc(CN(C2CC2)S(=O)(=O)c2cccs2)c1. The van der Waals surface area contributed by atoms with Gasteiger partial charge in [-0.25, -0.2) is 8.42 Å². The third-order valence-electron chi connectivity index (χ3n) is 3.30. The topological polar surface area (TPSA) is 63.4 Å². The van der Waals surface area contributed by atoms with Gasteiger partial charge < -0.3 is 5.73 Å². The second kappa shape index (κ2) is 5.20. The molecule has 0 saturated heterocycles. The molecule has 0 atom stereocenters. The molecule has 1 saturated carbocycles. The molecular weight excluding hydrogens is 292 g/mol. The lowest BCUT2D eigenvalue weighted by Gasteiger charge is -2.21. The van der Waals surface area contributed by atoms with Crippen molar-refractivity contribution < 1.29 is 8.42 Å². The average molecular weight is 308 g/mol. The van der Waals surface area contributed by atoms with Crippen LogP contribution in [0.1, 0.15) is 18.4 Å². The van der Waals surface area contributed by atoms with Crippen molar-refractivity contribution in [1.29, 1.82) is 0 Å². The lowest BCUT2D eigenvalue weighted by Crippen LogP contribution is -2.32. The summed E-state index contributed by atoms with van der Waals surface area (Å²) in [5, 5.41) is 1.79. The maximum Gasteiger partial charge on any atom is 0.253 e. The van der Waals surface area contributed by atoms with E-state index in [0.717, 1.165) is 18.4 Å². The van der Waals surface area contributed by atoms with Gasteiger partial charge in [-0.1, -0.05) is 18.2 Å². The minimum Gasteiger partial charge on any atom is -0.399 e. The van der Waals surface area contributed by atoms with Gasteiger partial charge in [-0.05, 0) is 42.0 Å². The zero-order valence-corrected chi connectivity index (χ0v) is 12.5. The molecule has 3 rings (SSSR count). The Kier molecular flexibility index (Phi) is 3.54. The number of anilines is 1. The Morgan fingerprint density at radius 2 is 2.05 bits per heavy atom. The number of hydrogen-bond donors (Lipinski definition) is 1. The lowest BCUT2D eigenvalue weighted by atomic mass is 10.2. The van der Waals surface area contributed by atoms with E-state index in [9.17, 15) is 8.42 Å². The number of benzene rings is 1. The minimum atomic E-state index is -3.39. The quantitative estimate of drug-likeness (QED) is 0.864. The van der Waals surface area contributed by atoms with E-state index in [1.54, 1.807) is 27.9 Å². The van der Waals surface area contributed by atoms with Crippen molar-refractivity contribution in [2.75, 3.05) is 5.73 Å². The third kappa shape index (κ3) is 2.72. The third-order valence-corrected chi connectivity index (χ3v) is 6.57. The van der Waals surface area contributed by atoms with Gasteiger partial charge >= 0.3 is 0 Å². The van der Waals surface area contributed by atoms with Gasteiger partial charge in [-0.15, -0.1) is 11.3 Å². The van der Waals surface area contributed by atoms with E-state index in [1.165, 1.54) is 11.3 Å². The fourth-order valence-corrected chi connectivity index (χ4v) is 4.96. The van der Waals surface area contributed by atoms with E-state index in [1.807, 2.05) is 18.2 Å². The Balaban J connectivity index is 1.90. The minimum absolute atomic E-state index is 0.128. The largest absolute Gasteiger partial charge is 0.399 e. The summed E-state index contributed by atoms with van der Waals surface area (Å²) in [5.41, 5.74) is 7.35. The van der Waals surface area contributed by atoms with Gasteiger partial charge in [0.05, 0.1) is 0 Å². The molecular formula is C14H16N2O2S2. The van der Waals surface area contributed by atoms with E-state index in [4.69, 9.17) is 5.73 Å². The summed E-state index contributed by atoms with van der Waals surface area (Å²) < 4.78 is 27.4. The number of thiophene rings is 1. The first kappa shape index (κ1) is 13.6. The predicted octanol–water partition coefficient (Wildman–Crippen LogP) is 2.68. The highest BCUT2D eigenvalue weighted by Crippen LogP contribution is 2.34. The maximum absolute atomic E-state index is 12.7. The van der Waals surface area contributed by atoms with Gasteiger partial charge in [0.25, 0.3) is 10.0 Å². The van der Waals surface area contributed by atoms with Crippen molar-refractivity contribution in [3.05, 3.63) is 47.3 Å². The van der Waals surface area contributed by atoms with Gasteiger partial charge in [-0.2, -0.15) is 4.31 Å². The number of hydrogen-bond acceptors (Lipinski definition) is 4.